The monoisotopic (exact) mass is 301 g/mol. The molecule has 2 unspecified atom stereocenters. The second-order valence-corrected chi connectivity index (χ2v) is 4.15. The number of hydrogen-bond donors (Lipinski definition) is 7. The van der Waals surface area contributed by atoms with Gasteiger partial charge in [0, 0.05) is 28.8 Å². The highest BCUT2D eigenvalue weighted by Gasteiger charge is 2.61. The van der Waals surface area contributed by atoms with Crippen molar-refractivity contribution in [2.45, 2.75) is 24.2 Å². The smallest absolute Gasteiger partial charge is 0.164 e. The van der Waals surface area contributed by atoms with Gasteiger partial charge in [-0.2, -0.15) is 0 Å². The van der Waals surface area contributed by atoms with Crippen molar-refractivity contribution < 1.29 is 0 Å². The van der Waals surface area contributed by atoms with E-state index >= 15 is 0 Å². The standard InChI is InChI=1S/C5H16IN7/c1-2-3(7,8)5(11,13-6)12-4(2,9)10/h2,12-13H,7-11H2,1H3. The van der Waals surface area contributed by atoms with Gasteiger partial charge in [-0.3, -0.25) is 11.1 Å². The fraction of sp³-hybridized carbons (Fsp3) is 1.00. The minimum Gasteiger partial charge on any atom is -0.309 e. The molecule has 0 saturated carbocycles. The second-order valence-electron chi connectivity index (χ2n) is 3.62. The highest BCUT2D eigenvalue weighted by Crippen LogP contribution is 2.30. The summed E-state index contributed by atoms with van der Waals surface area (Å²) in [5, 5.41) is 2.76. The van der Waals surface area contributed by atoms with Gasteiger partial charge >= 0.3 is 0 Å². The minimum absolute atomic E-state index is 0.368. The lowest BCUT2D eigenvalue weighted by atomic mass is 9.91. The molecule has 7 nitrogen and oxygen atoms in total. The first kappa shape index (κ1) is 11.5. The number of halogens is 1. The van der Waals surface area contributed by atoms with Crippen LogP contribution in [0.5, 0.6) is 0 Å². The molecule has 0 spiro atoms. The molecule has 13 heavy (non-hydrogen) atoms. The zero-order chi connectivity index (χ0) is 10.5. The number of nitrogens with one attached hydrogen (secondary N) is 2. The largest absolute Gasteiger partial charge is 0.309 e. The van der Waals surface area contributed by atoms with Crippen molar-refractivity contribution >= 4 is 22.9 Å². The second kappa shape index (κ2) is 2.97. The average Bonchev–Trinajstić information content (AvgIpc) is 2.11. The van der Waals surface area contributed by atoms with Crippen LogP contribution in [0.3, 0.4) is 0 Å². The van der Waals surface area contributed by atoms with Crippen LogP contribution in [-0.4, -0.2) is 17.2 Å². The Balaban J connectivity index is 3.07. The van der Waals surface area contributed by atoms with E-state index in [2.05, 4.69) is 8.85 Å². The van der Waals surface area contributed by atoms with Crippen molar-refractivity contribution in [1.29, 1.82) is 0 Å². The summed E-state index contributed by atoms with van der Waals surface area (Å²) >= 11 is 1.85. The van der Waals surface area contributed by atoms with Gasteiger partial charge in [-0.15, -0.1) is 0 Å². The molecule has 0 aromatic heterocycles. The Morgan fingerprint density at radius 3 is 1.85 bits per heavy atom. The third-order valence-corrected chi connectivity index (χ3v) is 3.53. The molecule has 0 amide bonds. The summed E-state index contributed by atoms with van der Waals surface area (Å²) < 4.78 is 2.74. The summed E-state index contributed by atoms with van der Waals surface area (Å²) in [6.07, 6.45) is 0. The van der Waals surface area contributed by atoms with E-state index in [9.17, 15) is 0 Å². The van der Waals surface area contributed by atoms with Crippen LogP contribution < -0.4 is 37.5 Å². The lowest BCUT2D eigenvalue weighted by molar-refractivity contribution is 0.203. The van der Waals surface area contributed by atoms with Gasteiger partial charge in [0.2, 0.25) is 0 Å². The lowest BCUT2D eigenvalue weighted by Gasteiger charge is -2.37. The molecule has 1 fully saturated rings. The van der Waals surface area contributed by atoms with E-state index in [4.69, 9.17) is 28.7 Å². The van der Waals surface area contributed by atoms with E-state index in [0.29, 0.717) is 0 Å². The molecule has 0 radical (unpaired) electrons. The third kappa shape index (κ3) is 1.47. The molecule has 1 heterocycles. The molecular weight excluding hydrogens is 285 g/mol. The van der Waals surface area contributed by atoms with Crippen molar-refractivity contribution in [3.63, 3.8) is 0 Å². The van der Waals surface area contributed by atoms with Gasteiger partial charge < -0.3 is 22.9 Å². The van der Waals surface area contributed by atoms with E-state index in [1.54, 1.807) is 6.92 Å². The Hall–Kier alpha value is 0.450. The maximum Gasteiger partial charge on any atom is 0.164 e. The van der Waals surface area contributed by atoms with Crippen molar-refractivity contribution in [3.8, 4) is 0 Å². The van der Waals surface area contributed by atoms with Crippen LogP contribution in [0, 0.1) is 5.92 Å². The molecule has 2 atom stereocenters. The summed E-state index contributed by atoms with van der Waals surface area (Å²) in [5.74, 6) is -2.71. The topological polar surface area (TPSA) is 154 Å². The minimum atomic E-state index is -1.21. The predicted molar refractivity (Wildman–Crippen MR) is 58.6 cm³/mol. The van der Waals surface area contributed by atoms with Crippen LogP contribution in [0.15, 0.2) is 0 Å². The summed E-state index contributed by atoms with van der Waals surface area (Å²) in [6.45, 7) is 1.75. The summed E-state index contributed by atoms with van der Waals surface area (Å²) in [6, 6.07) is 0. The van der Waals surface area contributed by atoms with Crippen LogP contribution in [0.1, 0.15) is 6.92 Å². The molecule has 0 aliphatic carbocycles. The van der Waals surface area contributed by atoms with Gasteiger partial charge in [0.15, 0.2) is 5.79 Å². The molecule has 1 rings (SSSR count). The Kier molecular flexibility index (Phi) is 2.63. The molecular formula is C5H16IN7. The Labute approximate surface area is 90.6 Å². The van der Waals surface area contributed by atoms with Gasteiger partial charge in [0.25, 0.3) is 0 Å². The number of rotatable bonds is 1. The molecule has 78 valence electrons. The van der Waals surface area contributed by atoms with E-state index < -0.39 is 17.2 Å². The van der Waals surface area contributed by atoms with Crippen molar-refractivity contribution in [1.82, 2.24) is 8.85 Å². The molecule has 1 saturated heterocycles. The Bertz CT molecular complexity index is 214. The van der Waals surface area contributed by atoms with Gasteiger partial charge in [0.1, 0.15) is 11.4 Å². The quantitative estimate of drug-likeness (QED) is 0.154. The van der Waals surface area contributed by atoms with E-state index in [-0.39, 0.29) is 5.92 Å². The van der Waals surface area contributed by atoms with Gasteiger partial charge in [0.05, 0.1) is 0 Å². The normalized spacial score (nSPS) is 42.2. The molecule has 1 aliphatic rings. The molecule has 12 N–H and O–H groups in total. The first-order valence-electron chi connectivity index (χ1n) is 3.79. The highest BCUT2D eigenvalue weighted by molar-refractivity contribution is 14.1. The first-order valence-corrected chi connectivity index (χ1v) is 4.87. The van der Waals surface area contributed by atoms with Crippen LogP contribution in [0.25, 0.3) is 0 Å². The van der Waals surface area contributed by atoms with Crippen molar-refractivity contribution in [2.24, 2.45) is 34.6 Å². The molecule has 1 aliphatic heterocycles. The maximum absolute atomic E-state index is 5.86. The van der Waals surface area contributed by atoms with E-state index in [0.717, 1.165) is 0 Å². The summed E-state index contributed by atoms with van der Waals surface area (Å²) in [4.78, 5) is 0. The van der Waals surface area contributed by atoms with Crippen molar-refractivity contribution in [3.05, 3.63) is 0 Å². The predicted octanol–water partition coefficient (Wildman–Crippen LogP) is -3.04. The molecule has 0 aromatic rings. The highest BCUT2D eigenvalue weighted by atomic mass is 127. The third-order valence-electron chi connectivity index (χ3n) is 2.68. The number of nitrogens with two attached hydrogens (primary N) is 5. The Morgan fingerprint density at radius 1 is 1.23 bits per heavy atom. The fourth-order valence-corrected chi connectivity index (χ4v) is 2.00. The van der Waals surface area contributed by atoms with E-state index in [1.165, 1.54) is 0 Å². The van der Waals surface area contributed by atoms with Gasteiger partial charge in [-0.25, -0.2) is 3.53 Å². The van der Waals surface area contributed by atoms with Crippen LogP contribution >= 0.6 is 22.9 Å². The molecule has 0 bridgehead atoms. The van der Waals surface area contributed by atoms with Crippen LogP contribution in [0.4, 0.5) is 0 Å². The lowest BCUT2D eigenvalue weighted by Crippen LogP contribution is -2.79. The SMILES string of the molecule is CC1C(N)(N)NC(N)(NI)C1(N)N. The Morgan fingerprint density at radius 2 is 1.69 bits per heavy atom. The number of hydrogen-bond acceptors (Lipinski definition) is 7. The average molecular weight is 301 g/mol. The zero-order valence-electron chi connectivity index (χ0n) is 7.34. The maximum atomic E-state index is 5.86. The summed E-state index contributed by atoms with van der Waals surface area (Å²) in [5.41, 5.74) is 27.8. The van der Waals surface area contributed by atoms with E-state index in [1.807, 2.05) is 22.9 Å². The van der Waals surface area contributed by atoms with Crippen molar-refractivity contribution in [2.75, 3.05) is 0 Å². The van der Waals surface area contributed by atoms with Crippen LogP contribution in [0.2, 0.25) is 0 Å². The zero-order valence-corrected chi connectivity index (χ0v) is 9.50. The molecule has 8 heteroatoms. The van der Waals surface area contributed by atoms with Crippen LogP contribution in [-0.2, 0) is 0 Å². The summed E-state index contributed by atoms with van der Waals surface area (Å²) in [7, 11) is 0. The van der Waals surface area contributed by atoms with Gasteiger partial charge in [-0.1, -0.05) is 6.92 Å². The fourth-order valence-electron chi connectivity index (χ4n) is 1.40. The first-order chi connectivity index (χ1) is 5.67. The molecule has 0 aromatic carbocycles. The van der Waals surface area contributed by atoms with Gasteiger partial charge in [-0.05, 0) is 0 Å².